The van der Waals surface area contributed by atoms with Crippen LogP contribution in [0.4, 0.5) is 4.79 Å². The van der Waals surface area contributed by atoms with Crippen LogP contribution in [0.3, 0.4) is 0 Å². The fourth-order valence-electron chi connectivity index (χ4n) is 3.15. The van der Waals surface area contributed by atoms with Crippen molar-refractivity contribution in [1.82, 2.24) is 24.7 Å². The summed E-state index contributed by atoms with van der Waals surface area (Å²) >= 11 is 1.63. The lowest BCUT2D eigenvalue weighted by atomic mass is 10.1. The van der Waals surface area contributed by atoms with Crippen molar-refractivity contribution in [2.24, 2.45) is 7.05 Å². The van der Waals surface area contributed by atoms with Crippen molar-refractivity contribution in [3.63, 3.8) is 0 Å². The van der Waals surface area contributed by atoms with Crippen molar-refractivity contribution in [2.45, 2.75) is 32.4 Å². The van der Waals surface area contributed by atoms with E-state index in [1.807, 2.05) is 10.4 Å². The topological polar surface area (TPSA) is 53.4 Å². The number of thiazole rings is 1. The second kappa shape index (κ2) is 8.49. The van der Waals surface area contributed by atoms with E-state index in [0.717, 1.165) is 51.3 Å². The predicted molar refractivity (Wildman–Crippen MR) is 101 cm³/mol. The zero-order chi connectivity index (χ0) is 17.6. The summed E-state index contributed by atoms with van der Waals surface area (Å²) in [6, 6.07) is 4.43. The molecular weight excluding hydrogens is 334 g/mol. The number of aryl methyl sites for hydroxylation is 2. The number of carbonyl (C=O) groups excluding carboxylic acids is 1. The SMILES string of the molecule is CC(CCc1cccn1C)NC(=O)N1CCN(Cc2cscn2)CC1. The van der Waals surface area contributed by atoms with Gasteiger partial charge in [0.15, 0.2) is 0 Å². The van der Waals surface area contributed by atoms with E-state index < -0.39 is 0 Å². The second-order valence-corrected chi connectivity index (χ2v) is 7.46. The number of rotatable bonds is 6. The Morgan fingerprint density at radius 2 is 2.16 bits per heavy atom. The summed E-state index contributed by atoms with van der Waals surface area (Å²) < 4.78 is 2.14. The van der Waals surface area contributed by atoms with Crippen molar-refractivity contribution in [3.8, 4) is 0 Å². The van der Waals surface area contributed by atoms with E-state index in [1.165, 1.54) is 5.69 Å². The highest BCUT2D eigenvalue weighted by Crippen LogP contribution is 2.10. The minimum absolute atomic E-state index is 0.0627. The summed E-state index contributed by atoms with van der Waals surface area (Å²) in [4.78, 5) is 21.1. The minimum Gasteiger partial charge on any atom is -0.354 e. The predicted octanol–water partition coefficient (Wildman–Crippen LogP) is 2.33. The zero-order valence-electron chi connectivity index (χ0n) is 15.0. The number of amides is 2. The average molecular weight is 362 g/mol. The van der Waals surface area contributed by atoms with Gasteiger partial charge in [0.25, 0.3) is 0 Å². The summed E-state index contributed by atoms with van der Waals surface area (Å²) in [6.07, 6.45) is 3.99. The first-order valence-corrected chi connectivity index (χ1v) is 9.81. The third-order valence-corrected chi connectivity index (χ3v) is 5.42. The van der Waals surface area contributed by atoms with Gasteiger partial charge < -0.3 is 14.8 Å². The van der Waals surface area contributed by atoms with E-state index in [4.69, 9.17) is 0 Å². The van der Waals surface area contributed by atoms with Crippen LogP contribution in [0, 0.1) is 0 Å². The maximum Gasteiger partial charge on any atom is 0.317 e. The molecule has 0 bridgehead atoms. The van der Waals surface area contributed by atoms with Gasteiger partial charge in [-0.1, -0.05) is 0 Å². The van der Waals surface area contributed by atoms with Crippen LogP contribution in [-0.4, -0.2) is 57.6 Å². The third kappa shape index (κ3) is 5.06. The maximum absolute atomic E-state index is 12.4. The Bertz CT molecular complexity index is 661. The Labute approximate surface area is 153 Å². The number of nitrogens with one attached hydrogen (secondary N) is 1. The van der Waals surface area contributed by atoms with Crippen LogP contribution < -0.4 is 5.32 Å². The van der Waals surface area contributed by atoms with Gasteiger partial charge in [-0.25, -0.2) is 9.78 Å². The highest BCUT2D eigenvalue weighted by atomic mass is 32.1. The number of urea groups is 1. The molecule has 1 aliphatic rings. The van der Waals surface area contributed by atoms with Crippen LogP contribution >= 0.6 is 11.3 Å². The first-order valence-electron chi connectivity index (χ1n) is 8.87. The summed E-state index contributed by atoms with van der Waals surface area (Å²) in [6.45, 7) is 6.33. The van der Waals surface area contributed by atoms with Crippen LogP contribution in [0.5, 0.6) is 0 Å². The zero-order valence-corrected chi connectivity index (χ0v) is 15.8. The standard InChI is InChI=1S/C18H27N5OS/c1-15(5-6-17-4-3-7-21(17)2)20-18(24)23-10-8-22(9-11-23)12-16-13-25-14-19-16/h3-4,7,13-15H,5-6,8-12H2,1-2H3,(H,20,24). The second-order valence-electron chi connectivity index (χ2n) is 6.74. The first kappa shape index (κ1) is 17.9. The highest BCUT2D eigenvalue weighted by Gasteiger charge is 2.22. The van der Waals surface area contributed by atoms with E-state index in [2.05, 4.69) is 57.4 Å². The minimum atomic E-state index is 0.0627. The van der Waals surface area contributed by atoms with E-state index in [9.17, 15) is 4.79 Å². The molecule has 0 saturated carbocycles. The summed E-state index contributed by atoms with van der Waals surface area (Å²) in [5.74, 6) is 0. The molecule has 0 aromatic carbocycles. The molecule has 0 aliphatic carbocycles. The van der Waals surface area contributed by atoms with Crippen molar-refractivity contribution in [3.05, 3.63) is 40.6 Å². The lowest BCUT2D eigenvalue weighted by molar-refractivity contribution is 0.132. The van der Waals surface area contributed by atoms with Gasteiger partial charge in [0.2, 0.25) is 0 Å². The van der Waals surface area contributed by atoms with Crippen LogP contribution in [0.25, 0.3) is 0 Å². The van der Waals surface area contributed by atoms with E-state index in [0.29, 0.717) is 0 Å². The third-order valence-electron chi connectivity index (χ3n) is 4.78. The molecule has 0 radical (unpaired) electrons. The summed E-state index contributed by atoms with van der Waals surface area (Å²) in [5, 5.41) is 5.23. The fourth-order valence-corrected chi connectivity index (χ4v) is 3.70. The lowest BCUT2D eigenvalue weighted by Gasteiger charge is -2.35. The molecule has 1 unspecified atom stereocenters. The van der Waals surface area contributed by atoms with Gasteiger partial charge in [0.1, 0.15) is 0 Å². The molecule has 136 valence electrons. The molecule has 1 saturated heterocycles. The first-order chi connectivity index (χ1) is 12.1. The molecule has 7 heteroatoms. The van der Waals surface area contributed by atoms with E-state index in [1.54, 1.807) is 11.3 Å². The molecular formula is C18H27N5OS. The summed E-state index contributed by atoms with van der Waals surface area (Å²) in [7, 11) is 2.06. The number of nitrogens with zero attached hydrogens (tertiary/aromatic N) is 4. The van der Waals surface area contributed by atoms with Gasteiger partial charge in [-0.3, -0.25) is 4.90 Å². The fraction of sp³-hybridized carbons (Fsp3) is 0.556. The molecule has 6 nitrogen and oxygen atoms in total. The maximum atomic E-state index is 12.4. The van der Waals surface area contributed by atoms with Gasteiger partial charge in [0.05, 0.1) is 11.2 Å². The highest BCUT2D eigenvalue weighted by molar-refractivity contribution is 7.07. The molecule has 1 fully saturated rings. The van der Waals surface area contributed by atoms with Crippen molar-refractivity contribution in [1.29, 1.82) is 0 Å². The number of aromatic nitrogens is 2. The van der Waals surface area contributed by atoms with Crippen molar-refractivity contribution in [2.75, 3.05) is 26.2 Å². The molecule has 2 aromatic rings. The lowest BCUT2D eigenvalue weighted by Crippen LogP contribution is -2.52. The molecule has 25 heavy (non-hydrogen) atoms. The average Bonchev–Trinajstić information content (AvgIpc) is 3.25. The van der Waals surface area contributed by atoms with Gasteiger partial charge in [0, 0.05) is 63.1 Å². The Morgan fingerprint density at radius 1 is 1.36 bits per heavy atom. The van der Waals surface area contributed by atoms with Crippen LogP contribution in [0.15, 0.2) is 29.2 Å². The smallest absolute Gasteiger partial charge is 0.317 e. The van der Waals surface area contributed by atoms with Crippen molar-refractivity contribution >= 4 is 17.4 Å². The normalized spacial score (nSPS) is 16.8. The number of hydrogen-bond acceptors (Lipinski definition) is 4. The van der Waals surface area contributed by atoms with Crippen molar-refractivity contribution < 1.29 is 4.79 Å². The monoisotopic (exact) mass is 361 g/mol. The summed E-state index contributed by atoms with van der Waals surface area (Å²) in [5.41, 5.74) is 4.30. The molecule has 3 rings (SSSR count). The molecule has 1 atom stereocenters. The molecule has 2 aromatic heterocycles. The number of carbonyl (C=O) groups is 1. The molecule has 1 aliphatic heterocycles. The molecule has 3 heterocycles. The molecule has 1 N–H and O–H groups in total. The Kier molecular flexibility index (Phi) is 6.09. The van der Waals surface area contributed by atoms with E-state index in [-0.39, 0.29) is 12.1 Å². The van der Waals surface area contributed by atoms with Gasteiger partial charge in [-0.05, 0) is 31.9 Å². The number of hydrogen-bond donors (Lipinski definition) is 1. The molecule has 0 spiro atoms. The van der Waals surface area contributed by atoms with Crippen LogP contribution in [0.1, 0.15) is 24.7 Å². The quantitative estimate of drug-likeness (QED) is 0.859. The van der Waals surface area contributed by atoms with Crippen LogP contribution in [-0.2, 0) is 20.0 Å². The largest absolute Gasteiger partial charge is 0.354 e. The number of piperazine rings is 1. The van der Waals surface area contributed by atoms with Gasteiger partial charge in [-0.2, -0.15) is 0 Å². The Hall–Kier alpha value is -1.86. The van der Waals surface area contributed by atoms with Gasteiger partial charge in [-0.15, -0.1) is 11.3 Å². The van der Waals surface area contributed by atoms with E-state index >= 15 is 0 Å². The van der Waals surface area contributed by atoms with Gasteiger partial charge >= 0.3 is 6.03 Å². The molecule has 2 amide bonds. The Morgan fingerprint density at radius 3 is 2.80 bits per heavy atom. The van der Waals surface area contributed by atoms with Crippen LogP contribution in [0.2, 0.25) is 0 Å². The Balaban J connectivity index is 1.37.